The Morgan fingerprint density at radius 3 is 2.27 bits per heavy atom. The zero-order chi connectivity index (χ0) is 22.1. The Labute approximate surface area is 176 Å². The molecule has 0 radical (unpaired) electrons. The summed E-state index contributed by atoms with van der Waals surface area (Å²) in [4.78, 5) is 43.0. The predicted molar refractivity (Wildman–Crippen MR) is 109 cm³/mol. The highest BCUT2D eigenvalue weighted by Crippen LogP contribution is 2.38. The number of rotatable bonds is 2. The molecule has 1 aromatic rings. The third-order valence-corrected chi connectivity index (χ3v) is 5.57. The summed E-state index contributed by atoms with van der Waals surface area (Å²) in [7, 11) is 1.68. The SMILES string of the molecule is CN1C(=O)CC(C(=O)N2CCCN(C(=O)OC(C)(C)C)CC2)C1c1ccc(F)cc1. The lowest BCUT2D eigenvalue weighted by atomic mass is 9.92. The van der Waals surface area contributed by atoms with Gasteiger partial charge in [-0.3, -0.25) is 9.59 Å². The van der Waals surface area contributed by atoms with Gasteiger partial charge in [-0.25, -0.2) is 9.18 Å². The largest absolute Gasteiger partial charge is 0.444 e. The second kappa shape index (κ2) is 8.62. The Bertz CT molecular complexity index is 806. The van der Waals surface area contributed by atoms with Crippen molar-refractivity contribution >= 4 is 17.9 Å². The van der Waals surface area contributed by atoms with Crippen molar-refractivity contribution in [3.63, 3.8) is 0 Å². The van der Waals surface area contributed by atoms with E-state index in [9.17, 15) is 18.8 Å². The molecule has 0 spiro atoms. The minimum Gasteiger partial charge on any atom is -0.444 e. The summed E-state index contributed by atoms with van der Waals surface area (Å²) in [5, 5.41) is 0. The molecule has 0 N–H and O–H groups in total. The average molecular weight is 419 g/mol. The molecule has 2 fully saturated rings. The third-order valence-electron chi connectivity index (χ3n) is 5.57. The molecule has 2 heterocycles. The Balaban J connectivity index is 1.71. The number of hydrogen-bond acceptors (Lipinski definition) is 4. The molecule has 164 valence electrons. The van der Waals surface area contributed by atoms with Gasteiger partial charge in [-0.15, -0.1) is 0 Å². The molecule has 30 heavy (non-hydrogen) atoms. The number of likely N-dealkylation sites (tertiary alicyclic amines) is 1. The number of carbonyl (C=O) groups excluding carboxylic acids is 3. The van der Waals surface area contributed by atoms with Gasteiger partial charge in [-0.05, 0) is 44.9 Å². The normalized spacial score (nSPS) is 22.8. The number of ether oxygens (including phenoxy) is 1. The highest BCUT2D eigenvalue weighted by molar-refractivity contribution is 5.90. The number of carbonyl (C=O) groups is 3. The van der Waals surface area contributed by atoms with Gasteiger partial charge in [0.2, 0.25) is 11.8 Å². The molecule has 8 heteroatoms. The van der Waals surface area contributed by atoms with Gasteiger partial charge in [-0.1, -0.05) is 12.1 Å². The Morgan fingerprint density at radius 1 is 1.03 bits per heavy atom. The van der Waals surface area contributed by atoms with Gasteiger partial charge in [0.15, 0.2) is 0 Å². The summed E-state index contributed by atoms with van der Waals surface area (Å²) >= 11 is 0. The van der Waals surface area contributed by atoms with Crippen LogP contribution in [0.15, 0.2) is 24.3 Å². The number of amides is 3. The van der Waals surface area contributed by atoms with E-state index in [1.807, 2.05) is 20.8 Å². The molecular formula is C22H30FN3O4. The van der Waals surface area contributed by atoms with Crippen LogP contribution in [-0.2, 0) is 14.3 Å². The van der Waals surface area contributed by atoms with Crippen molar-refractivity contribution < 1.29 is 23.5 Å². The van der Waals surface area contributed by atoms with E-state index in [2.05, 4.69) is 0 Å². The predicted octanol–water partition coefficient (Wildman–Crippen LogP) is 2.81. The van der Waals surface area contributed by atoms with Crippen molar-refractivity contribution in [2.75, 3.05) is 33.2 Å². The molecule has 1 aromatic carbocycles. The third kappa shape index (κ3) is 4.91. The number of halogens is 1. The summed E-state index contributed by atoms with van der Waals surface area (Å²) in [6, 6.07) is 5.52. The lowest BCUT2D eigenvalue weighted by Gasteiger charge is -2.29. The lowest BCUT2D eigenvalue weighted by Crippen LogP contribution is -2.42. The van der Waals surface area contributed by atoms with Gasteiger partial charge < -0.3 is 19.4 Å². The highest BCUT2D eigenvalue weighted by atomic mass is 19.1. The quantitative estimate of drug-likeness (QED) is 0.739. The fourth-order valence-electron chi connectivity index (χ4n) is 4.09. The molecule has 2 saturated heterocycles. The summed E-state index contributed by atoms with van der Waals surface area (Å²) in [6.45, 7) is 7.28. The minimum atomic E-state index is -0.573. The molecule has 2 unspecified atom stereocenters. The van der Waals surface area contributed by atoms with Gasteiger partial charge in [0, 0.05) is 39.6 Å². The first-order valence-corrected chi connectivity index (χ1v) is 10.3. The van der Waals surface area contributed by atoms with E-state index in [-0.39, 0.29) is 30.1 Å². The Kier molecular flexibility index (Phi) is 6.33. The second-order valence-electron chi connectivity index (χ2n) is 8.96. The van der Waals surface area contributed by atoms with Crippen LogP contribution in [0.2, 0.25) is 0 Å². The molecule has 2 aliphatic heterocycles. The first-order chi connectivity index (χ1) is 14.1. The number of benzene rings is 1. The maximum atomic E-state index is 13.3. The molecular weight excluding hydrogens is 389 g/mol. The standard InChI is InChI=1S/C22H30FN3O4/c1-22(2,3)30-21(29)26-11-5-10-25(12-13-26)20(28)17-14-18(27)24(4)19(17)15-6-8-16(23)9-7-15/h6-9,17,19H,5,10-14H2,1-4H3. The van der Waals surface area contributed by atoms with Crippen LogP contribution in [0.1, 0.15) is 45.2 Å². The van der Waals surface area contributed by atoms with Crippen molar-refractivity contribution in [2.24, 2.45) is 5.92 Å². The second-order valence-corrected chi connectivity index (χ2v) is 8.96. The number of nitrogens with zero attached hydrogens (tertiary/aromatic N) is 3. The van der Waals surface area contributed by atoms with Gasteiger partial charge in [0.25, 0.3) is 0 Å². The van der Waals surface area contributed by atoms with E-state index < -0.39 is 17.6 Å². The molecule has 7 nitrogen and oxygen atoms in total. The van der Waals surface area contributed by atoms with E-state index >= 15 is 0 Å². The molecule has 3 rings (SSSR count). The molecule has 0 bridgehead atoms. The van der Waals surface area contributed by atoms with Crippen LogP contribution >= 0.6 is 0 Å². The Morgan fingerprint density at radius 2 is 1.63 bits per heavy atom. The van der Waals surface area contributed by atoms with E-state index in [4.69, 9.17) is 4.74 Å². The van der Waals surface area contributed by atoms with Crippen LogP contribution in [0.3, 0.4) is 0 Å². The maximum Gasteiger partial charge on any atom is 0.410 e. The monoisotopic (exact) mass is 419 g/mol. The fraction of sp³-hybridized carbons (Fsp3) is 0.591. The maximum absolute atomic E-state index is 13.3. The van der Waals surface area contributed by atoms with Crippen molar-refractivity contribution in [3.05, 3.63) is 35.6 Å². The van der Waals surface area contributed by atoms with E-state index in [0.717, 1.165) is 5.56 Å². The molecule has 2 atom stereocenters. The summed E-state index contributed by atoms with van der Waals surface area (Å²) < 4.78 is 18.8. The van der Waals surface area contributed by atoms with Crippen LogP contribution in [0.5, 0.6) is 0 Å². The van der Waals surface area contributed by atoms with Crippen molar-refractivity contribution in [3.8, 4) is 0 Å². The topological polar surface area (TPSA) is 70.2 Å². The van der Waals surface area contributed by atoms with E-state index in [1.165, 1.54) is 12.1 Å². The van der Waals surface area contributed by atoms with Gasteiger partial charge >= 0.3 is 6.09 Å². The van der Waals surface area contributed by atoms with Crippen LogP contribution in [0.25, 0.3) is 0 Å². The van der Waals surface area contributed by atoms with Crippen LogP contribution in [-0.4, -0.2) is 71.4 Å². The zero-order valence-corrected chi connectivity index (χ0v) is 18.1. The lowest BCUT2D eigenvalue weighted by molar-refractivity contribution is -0.136. The Hall–Kier alpha value is -2.64. The molecule has 0 saturated carbocycles. The highest BCUT2D eigenvalue weighted by Gasteiger charge is 2.44. The van der Waals surface area contributed by atoms with Gasteiger partial charge in [0.05, 0.1) is 12.0 Å². The van der Waals surface area contributed by atoms with Crippen LogP contribution in [0.4, 0.5) is 9.18 Å². The molecule has 3 amide bonds. The van der Waals surface area contributed by atoms with Gasteiger partial charge in [-0.2, -0.15) is 0 Å². The zero-order valence-electron chi connectivity index (χ0n) is 18.1. The molecule has 0 aliphatic carbocycles. The first kappa shape index (κ1) is 22.1. The van der Waals surface area contributed by atoms with Crippen molar-refractivity contribution in [1.82, 2.24) is 14.7 Å². The van der Waals surface area contributed by atoms with Crippen LogP contribution < -0.4 is 0 Å². The van der Waals surface area contributed by atoms with Crippen molar-refractivity contribution in [1.29, 1.82) is 0 Å². The summed E-state index contributed by atoms with van der Waals surface area (Å²) in [5.74, 6) is -1.09. The number of hydrogen-bond donors (Lipinski definition) is 0. The smallest absolute Gasteiger partial charge is 0.410 e. The molecule has 2 aliphatic rings. The summed E-state index contributed by atoms with van der Waals surface area (Å²) in [6.07, 6.45) is 0.392. The van der Waals surface area contributed by atoms with E-state index in [0.29, 0.717) is 32.6 Å². The molecule has 0 aromatic heterocycles. The van der Waals surface area contributed by atoms with E-state index in [1.54, 1.807) is 33.9 Å². The van der Waals surface area contributed by atoms with Crippen molar-refractivity contribution in [2.45, 2.75) is 45.3 Å². The summed E-state index contributed by atoms with van der Waals surface area (Å²) in [5.41, 5.74) is 0.170. The van der Waals surface area contributed by atoms with Crippen LogP contribution in [0, 0.1) is 11.7 Å². The minimum absolute atomic E-state index is 0.104. The fourth-order valence-corrected chi connectivity index (χ4v) is 4.09. The average Bonchev–Trinajstić information content (AvgIpc) is 2.85. The first-order valence-electron chi connectivity index (χ1n) is 10.3. The van der Waals surface area contributed by atoms with Gasteiger partial charge in [0.1, 0.15) is 11.4 Å².